The predicted molar refractivity (Wildman–Crippen MR) is 85.5 cm³/mol. The molecule has 5 heteroatoms. The molecule has 5 nitrogen and oxygen atoms in total. The maximum Gasteiger partial charge on any atom is 0.278 e. The number of hydrogen-bond acceptors (Lipinski definition) is 3. The smallest absolute Gasteiger partial charge is 0.278 e. The molecule has 0 radical (unpaired) electrons. The van der Waals surface area contributed by atoms with E-state index in [1.54, 1.807) is 10.9 Å². The number of nitrogen functional groups attached to an aromatic ring is 1. The van der Waals surface area contributed by atoms with Crippen molar-refractivity contribution >= 4 is 17.3 Å². The SMILES string of the molecule is CCc1cccc(CC)c1NC(=O)c1nn(CC)cc1N. The van der Waals surface area contributed by atoms with Crippen LogP contribution in [0.25, 0.3) is 0 Å². The molecule has 2 aromatic rings. The fourth-order valence-corrected chi connectivity index (χ4v) is 2.35. The zero-order valence-electron chi connectivity index (χ0n) is 12.8. The number of aromatic nitrogens is 2. The minimum absolute atomic E-state index is 0.254. The number of aryl methyl sites for hydroxylation is 3. The summed E-state index contributed by atoms with van der Waals surface area (Å²) >= 11 is 0. The van der Waals surface area contributed by atoms with Crippen LogP contribution in [-0.4, -0.2) is 15.7 Å². The lowest BCUT2D eigenvalue weighted by molar-refractivity contribution is 0.102. The van der Waals surface area contributed by atoms with Crippen LogP contribution in [0, 0.1) is 0 Å². The number of rotatable bonds is 5. The molecule has 21 heavy (non-hydrogen) atoms. The summed E-state index contributed by atoms with van der Waals surface area (Å²) in [6, 6.07) is 6.08. The molecule has 1 aromatic carbocycles. The number of para-hydroxylation sites is 1. The van der Waals surface area contributed by atoms with Gasteiger partial charge < -0.3 is 11.1 Å². The van der Waals surface area contributed by atoms with Gasteiger partial charge in [-0.25, -0.2) is 0 Å². The molecule has 0 saturated heterocycles. The molecule has 0 aliphatic carbocycles. The Bertz CT molecular complexity index is 623. The minimum atomic E-state index is -0.254. The summed E-state index contributed by atoms with van der Waals surface area (Å²) in [7, 11) is 0. The second-order valence-corrected chi connectivity index (χ2v) is 4.90. The van der Waals surface area contributed by atoms with Gasteiger partial charge in [0.15, 0.2) is 5.69 Å². The van der Waals surface area contributed by atoms with Gasteiger partial charge in [-0.05, 0) is 30.9 Å². The summed E-state index contributed by atoms with van der Waals surface area (Å²) in [6.07, 6.45) is 3.41. The van der Waals surface area contributed by atoms with E-state index in [0.717, 1.165) is 29.7 Å². The largest absolute Gasteiger partial charge is 0.396 e. The van der Waals surface area contributed by atoms with Crippen LogP contribution in [0.2, 0.25) is 0 Å². The first-order valence-electron chi connectivity index (χ1n) is 7.35. The first-order chi connectivity index (χ1) is 10.1. The van der Waals surface area contributed by atoms with Gasteiger partial charge in [0.05, 0.1) is 5.69 Å². The van der Waals surface area contributed by atoms with Gasteiger partial charge in [0.25, 0.3) is 5.91 Å². The van der Waals surface area contributed by atoms with Crippen molar-refractivity contribution in [3.8, 4) is 0 Å². The number of carbonyl (C=O) groups excluding carboxylic acids is 1. The molecule has 2 rings (SSSR count). The molecule has 1 aromatic heterocycles. The van der Waals surface area contributed by atoms with Gasteiger partial charge in [0.2, 0.25) is 0 Å². The van der Waals surface area contributed by atoms with Gasteiger partial charge in [-0.2, -0.15) is 5.10 Å². The van der Waals surface area contributed by atoms with E-state index in [2.05, 4.69) is 24.3 Å². The van der Waals surface area contributed by atoms with Crippen LogP contribution in [-0.2, 0) is 19.4 Å². The molecule has 0 atom stereocenters. The van der Waals surface area contributed by atoms with Gasteiger partial charge in [0, 0.05) is 18.4 Å². The highest BCUT2D eigenvalue weighted by Crippen LogP contribution is 2.23. The average molecular weight is 286 g/mol. The Labute approximate surface area is 125 Å². The molecular formula is C16H22N4O. The Balaban J connectivity index is 2.33. The van der Waals surface area contributed by atoms with E-state index in [1.165, 1.54) is 0 Å². The normalized spacial score (nSPS) is 10.6. The molecule has 0 fully saturated rings. The first-order valence-corrected chi connectivity index (χ1v) is 7.35. The molecule has 1 amide bonds. The number of nitrogens with one attached hydrogen (secondary N) is 1. The van der Waals surface area contributed by atoms with E-state index in [-0.39, 0.29) is 11.6 Å². The number of carbonyl (C=O) groups is 1. The van der Waals surface area contributed by atoms with Crippen LogP contribution in [0.1, 0.15) is 42.4 Å². The van der Waals surface area contributed by atoms with Crippen molar-refractivity contribution in [2.45, 2.75) is 40.2 Å². The highest BCUT2D eigenvalue weighted by Gasteiger charge is 2.17. The number of amides is 1. The number of hydrogen-bond donors (Lipinski definition) is 2. The van der Waals surface area contributed by atoms with Crippen molar-refractivity contribution in [1.82, 2.24) is 9.78 Å². The molecule has 0 spiro atoms. The molecule has 0 unspecified atom stereocenters. The van der Waals surface area contributed by atoms with Gasteiger partial charge in [-0.15, -0.1) is 0 Å². The van der Waals surface area contributed by atoms with Crippen molar-refractivity contribution in [2.24, 2.45) is 0 Å². The van der Waals surface area contributed by atoms with E-state index in [9.17, 15) is 4.79 Å². The number of benzene rings is 1. The van der Waals surface area contributed by atoms with Crippen molar-refractivity contribution in [3.63, 3.8) is 0 Å². The molecule has 112 valence electrons. The summed E-state index contributed by atoms with van der Waals surface area (Å²) in [6.45, 7) is 6.79. The number of nitrogens with zero attached hydrogens (tertiary/aromatic N) is 2. The Kier molecular flexibility index (Phi) is 4.62. The second-order valence-electron chi connectivity index (χ2n) is 4.90. The molecule has 0 aliphatic heterocycles. The van der Waals surface area contributed by atoms with E-state index >= 15 is 0 Å². The summed E-state index contributed by atoms with van der Waals surface area (Å²) < 4.78 is 1.66. The van der Waals surface area contributed by atoms with E-state index in [1.807, 2.05) is 25.1 Å². The zero-order chi connectivity index (χ0) is 15.4. The summed E-state index contributed by atoms with van der Waals surface area (Å²) in [5, 5.41) is 7.20. The third-order valence-electron chi connectivity index (χ3n) is 3.57. The quantitative estimate of drug-likeness (QED) is 0.887. The molecule has 0 aliphatic rings. The lowest BCUT2D eigenvalue weighted by atomic mass is 10.0. The highest BCUT2D eigenvalue weighted by atomic mass is 16.2. The monoisotopic (exact) mass is 286 g/mol. The van der Waals surface area contributed by atoms with Gasteiger partial charge in [0.1, 0.15) is 0 Å². The van der Waals surface area contributed by atoms with Gasteiger partial charge in [-0.1, -0.05) is 32.0 Å². The summed E-state index contributed by atoms with van der Waals surface area (Å²) in [4.78, 5) is 12.4. The minimum Gasteiger partial charge on any atom is -0.396 e. The summed E-state index contributed by atoms with van der Waals surface area (Å²) in [5.74, 6) is -0.254. The third-order valence-corrected chi connectivity index (χ3v) is 3.57. The van der Waals surface area contributed by atoms with E-state index in [0.29, 0.717) is 12.2 Å². The zero-order valence-corrected chi connectivity index (χ0v) is 12.8. The molecule has 0 bridgehead atoms. The van der Waals surface area contributed by atoms with Crippen molar-refractivity contribution in [1.29, 1.82) is 0 Å². The first kappa shape index (κ1) is 15.1. The lowest BCUT2D eigenvalue weighted by Gasteiger charge is -2.13. The van der Waals surface area contributed by atoms with Crippen LogP contribution < -0.4 is 11.1 Å². The van der Waals surface area contributed by atoms with Crippen molar-refractivity contribution in [2.75, 3.05) is 11.1 Å². The second kappa shape index (κ2) is 6.43. The molecule has 3 N–H and O–H groups in total. The fraction of sp³-hybridized carbons (Fsp3) is 0.375. The maximum atomic E-state index is 12.4. The topological polar surface area (TPSA) is 72.9 Å². The van der Waals surface area contributed by atoms with Crippen LogP contribution in [0.3, 0.4) is 0 Å². The third kappa shape index (κ3) is 3.07. The summed E-state index contributed by atoms with van der Waals surface area (Å²) in [5.41, 5.74) is 9.68. The Morgan fingerprint density at radius 2 is 1.86 bits per heavy atom. The number of nitrogens with two attached hydrogens (primary N) is 1. The maximum absolute atomic E-state index is 12.4. The van der Waals surface area contributed by atoms with Crippen molar-refractivity contribution in [3.05, 3.63) is 41.2 Å². The van der Waals surface area contributed by atoms with Crippen LogP contribution in [0.15, 0.2) is 24.4 Å². The van der Waals surface area contributed by atoms with Crippen LogP contribution in [0.5, 0.6) is 0 Å². The van der Waals surface area contributed by atoms with Crippen LogP contribution >= 0.6 is 0 Å². The highest BCUT2D eigenvalue weighted by molar-refractivity contribution is 6.06. The van der Waals surface area contributed by atoms with Gasteiger partial charge >= 0.3 is 0 Å². The lowest BCUT2D eigenvalue weighted by Crippen LogP contribution is -2.17. The Hall–Kier alpha value is -2.30. The van der Waals surface area contributed by atoms with E-state index < -0.39 is 0 Å². The molecule has 0 saturated carbocycles. The fourth-order valence-electron chi connectivity index (χ4n) is 2.35. The molecular weight excluding hydrogens is 264 g/mol. The Morgan fingerprint density at radius 3 is 2.33 bits per heavy atom. The van der Waals surface area contributed by atoms with E-state index in [4.69, 9.17) is 5.73 Å². The molecule has 1 heterocycles. The Morgan fingerprint density at radius 1 is 1.24 bits per heavy atom. The van der Waals surface area contributed by atoms with Crippen molar-refractivity contribution < 1.29 is 4.79 Å². The average Bonchev–Trinajstić information content (AvgIpc) is 2.88. The standard InChI is InChI=1S/C16H22N4O/c1-4-11-8-7-9-12(5-2)14(11)18-16(21)15-13(17)10-20(6-3)19-15/h7-10H,4-6,17H2,1-3H3,(H,18,21). The van der Waals surface area contributed by atoms with Gasteiger partial charge in [-0.3, -0.25) is 9.48 Å². The predicted octanol–water partition coefficient (Wildman–Crippen LogP) is 2.86. The van der Waals surface area contributed by atoms with Crippen LogP contribution in [0.4, 0.5) is 11.4 Å². The number of anilines is 2.